The molecule has 2 aromatic heterocycles. The van der Waals surface area contributed by atoms with Crippen LogP contribution >= 0.6 is 0 Å². The Kier molecular flexibility index (Phi) is 5.07. The van der Waals surface area contributed by atoms with E-state index in [9.17, 15) is 9.18 Å². The maximum atomic E-state index is 13.9. The van der Waals surface area contributed by atoms with E-state index >= 15 is 0 Å². The molecule has 1 atom stereocenters. The highest BCUT2D eigenvalue weighted by atomic mass is 19.1. The maximum absolute atomic E-state index is 13.9. The van der Waals surface area contributed by atoms with Gasteiger partial charge in [0.1, 0.15) is 11.6 Å². The van der Waals surface area contributed by atoms with Crippen LogP contribution in [0.5, 0.6) is 0 Å². The number of aryl methyl sites for hydroxylation is 1. The number of nitrogens with zero attached hydrogens (tertiary/aromatic N) is 6. The molecule has 1 saturated carbocycles. The van der Waals surface area contributed by atoms with Crippen molar-refractivity contribution >= 4 is 17.8 Å². The van der Waals surface area contributed by atoms with Gasteiger partial charge in [0.15, 0.2) is 0 Å². The minimum Gasteiger partial charge on any atom is -0.343 e. The molecule has 5 rings (SSSR count). The van der Waals surface area contributed by atoms with Crippen LogP contribution in [0.2, 0.25) is 0 Å². The summed E-state index contributed by atoms with van der Waals surface area (Å²) in [5, 5.41) is 3.44. The Bertz CT molecular complexity index is 1180. The molecule has 3 heterocycles. The van der Waals surface area contributed by atoms with Gasteiger partial charge in [-0.25, -0.2) is 19.2 Å². The van der Waals surface area contributed by atoms with Gasteiger partial charge in [0.25, 0.3) is 0 Å². The molecule has 2 amide bonds. The van der Waals surface area contributed by atoms with Crippen LogP contribution in [0.25, 0.3) is 5.69 Å². The van der Waals surface area contributed by atoms with Crippen molar-refractivity contribution in [3.8, 4) is 5.69 Å². The third kappa shape index (κ3) is 3.92. The standard InChI is InChI=1S/C24H28FN7O/c1-15(2)19-12-30(4)23(33)32(19)21-5-8-26-22(28-21)29-24(6-7-24)20-13-31(14-27-20)18-10-16(3)9-17(25)11-18/h5,8-11,13-15,19H,6-7,12H2,1-4H3,(H,26,28,29)/t19-/m1/s1. The fraction of sp³-hybridized carbons (Fsp3) is 0.417. The average molecular weight is 450 g/mol. The zero-order valence-electron chi connectivity index (χ0n) is 19.3. The lowest BCUT2D eigenvalue weighted by Gasteiger charge is -2.25. The summed E-state index contributed by atoms with van der Waals surface area (Å²) < 4.78 is 15.7. The molecule has 2 fully saturated rings. The van der Waals surface area contributed by atoms with Crippen molar-refractivity contribution in [2.24, 2.45) is 5.92 Å². The highest BCUT2D eigenvalue weighted by Crippen LogP contribution is 2.47. The van der Waals surface area contributed by atoms with Crippen molar-refractivity contribution in [3.63, 3.8) is 0 Å². The smallest absolute Gasteiger partial charge is 0.325 e. The fourth-order valence-electron chi connectivity index (χ4n) is 4.45. The molecular formula is C24H28FN7O. The Hall–Kier alpha value is -3.49. The number of hydrogen-bond donors (Lipinski definition) is 1. The third-order valence-corrected chi connectivity index (χ3v) is 6.48. The van der Waals surface area contributed by atoms with Crippen molar-refractivity contribution in [2.45, 2.75) is 45.2 Å². The first-order valence-electron chi connectivity index (χ1n) is 11.2. The van der Waals surface area contributed by atoms with Gasteiger partial charge in [-0.2, -0.15) is 4.98 Å². The molecule has 0 bridgehead atoms. The zero-order chi connectivity index (χ0) is 23.3. The highest BCUT2D eigenvalue weighted by Gasteiger charge is 2.47. The predicted octanol–water partition coefficient (Wildman–Crippen LogP) is 4.11. The summed E-state index contributed by atoms with van der Waals surface area (Å²) in [5.41, 5.74) is 2.08. The third-order valence-electron chi connectivity index (χ3n) is 6.48. The first-order valence-corrected chi connectivity index (χ1v) is 11.2. The number of anilines is 2. The maximum Gasteiger partial charge on any atom is 0.325 e. The molecule has 2 aliphatic rings. The van der Waals surface area contributed by atoms with E-state index in [1.807, 2.05) is 30.8 Å². The van der Waals surface area contributed by atoms with E-state index in [0.717, 1.165) is 29.8 Å². The van der Waals surface area contributed by atoms with E-state index in [1.165, 1.54) is 12.1 Å². The van der Waals surface area contributed by atoms with Crippen molar-refractivity contribution < 1.29 is 9.18 Å². The number of hydrogen-bond acceptors (Lipinski definition) is 5. The average Bonchev–Trinajstić information content (AvgIpc) is 3.23. The monoisotopic (exact) mass is 449 g/mol. The molecule has 1 aliphatic carbocycles. The first-order chi connectivity index (χ1) is 15.8. The summed E-state index contributed by atoms with van der Waals surface area (Å²) in [6.07, 6.45) is 7.08. The van der Waals surface area contributed by atoms with Crippen molar-refractivity contribution in [1.82, 2.24) is 24.4 Å². The Morgan fingerprint density at radius 2 is 2.00 bits per heavy atom. The summed E-state index contributed by atoms with van der Waals surface area (Å²) in [5.74, 6) is 1.09. The lowest BCUT2D eigenvalue weighted by atomic mass is 10.0. The number of amides is 2. The van der Waals surface area contributed by atoms with E-state index < -0.39 is 0 Å². The number of halogens is 1. The second-order valence-corrected chi connectivity index (χ2v) is 9.44. The SMILES string of the molecule is Cc1cc(F)cc(-n2cnc(C3(Nc4nccc(N5C(=O)N(C)C[C@@H]5C(C)C)n4)CC3)c2)c1. The molecule has 8 nitrogen and oxygen atoms in total. The van der Waals surface area contributed by atoms with Crippen LogP contribution in [-0.2, 0) is 5.54 Å². The van der Waals surface area contributed by atoms with Gasteiger partial charge < -0.3 is 14.8 Å². The normalized spacial score (nSPS) is 19.5. The number of nitrogens with one attached hydrogen (secondary N) is 1. The van der Waals surface area contributed by atoms with Crippen LogP contribution in [0.4, 0.5) is 21.0 Å². The molecule has 1 saturated heterocycles. The molecule has 172 valence electrons. The summed E-state index contributed by atoms with van der Waals surface area (Å²) in [7, 11) is 1.81. The van der Waals surface area contributed by atoms with Gasteiger partial charge in [-0.15, -0.1) is 0 Å². The van der Waals surface area contributed by atoms with E-state index in [0.29, 0.717) is 24.2 Å². The summed E-state index contributed by atoms with van der Waals surface area (Å²) in [4.78, 5) is 29.9. The van der Waals surface area contributed by atoms with Gasteiger partial charge in [0.2, 0.25) is 5.95 Å². The van der Waals surface area contributed by atoms with Crippen molar-refractivity contribution in [1.29, 1.82) is 0 Å². The Labute approximate surface area is 192 Å². The second kappa shape index (κ2) is 7.83. The number of carbonyl (C=O) groups excluding carboxylic acids is 1. The highest BCUT2D eigenvalue weighted by molar-refractivity contribution is 5.94. The van der Waals surface area contributed by atoms with Crippen LogP contribution in [0.15, 0.2) is 43.0 Å². The van der Waals surface area contributed by atoms with Gasteiger partial charge in [0.05, 0.1) is 23.6 Å². The van der Waals surface area contributed by atoms with Gasteiger partial charge >= 0.3 is 6.03 Å². The summed E-state index contributed by atoms with van der Waals surface area (Å²) in [6.45, 7) is 6.76. The van der Waals surface area contributed by atoms with Crippen LogP contribution in [0, 0.1) is 18.7 Å². The first kappa shape index (κ1) is 21.4. The number of rotatable bonds is 6. The van der Waals surface area contributed by atoms with Crippen LogP contribution in [-0.4, -0.2) is 50.1 Å². The summed E-state index contributed by atoms with van der Waals surface area (Å²) in [6, 6.07) is 6.70. The molecule has 33 heavy (non-hydrogen) atoms. The predicted molar refractivity (Wildman–Crippen MR) is 124 cm³/mol. The second-order valence-electron chi connectivity index (χ2n) is 9.44. The van der Waals surface area contributed by atoms with Crippen LogP contribution < -0.4 is 10.2 Å². The largest absolute Gasteiger partial charge is 0.343 e. The van der Waals surface area contributed by atoms with Gasteiger partial charge in [-0.05, 0) is 55.5 Å². The number of imidazole rings is 1. The van der Waals surface area contributed by atoms with E-state index in [-0.39, 0.29) is 23.4 Å². The van der Waals surface area contributed by atoms with E-state index in [1.54, 1.807) is 28.4 Å². The Morgan fingerprint density at radius 1 is 1.21 bits per heavy atom. The quantitative estimate of drug-likeness (QED) is 0.613. The summed E-state index contributed by atoms with van der Waals surface area (Å²) >= 11 is 0. The molecule has 3 aromatic rings. The Morgan fingerprint density at radius 3 is 2.70 bits per heavy atom. The van der Waals surface area contributed by atoms with Crippen LogP contribution in [0.3, 0.4) is 0 Å². The van der Waals surface area contributed by atoms with E-state index in [4.69, 9.17) is 0 Å². The molecule has 0 unspecified atom stereocenters. The topological polar surface area (TPSA) is 79.2 Å². The van der Waals surface area contributed by atoms with Crippen LogP contribution in [0.1, 0.15) is 37.9 Å². The van der Waals surface area contributed by atoms with Crippen molar-refractivity contribution in [2.75, 3.05) is 23.8 Å². The number of aromatic nitrogens is 4. The van der Waals surface area contributed by atoms with Crippen molar-refractivity contribution in [3.05, 3.63) is 60.1 Å². The number of urea groups is 1. The lowest BCUT2D eigenvalue weighted by molar-refractivity contribution is 0.229. The zero-order valence-corrected chi connectivity index (χ0v) is 19.3. The lowest BCUT2D eigenvalue weighted by Crippen LogP contribution is -2.38. The molecule has 9 heteroatoms. The van der Waals surface area contributed by atoms with Gasteiger partial charge in [0, 0.05) is 31.7 Å². The molecule has 1 N–H and O–H groups in total. The molecule has 0 spiro atoms. The minimum absolute atomic E-state index is 0.0522. The van der Waals surface area contributed by atoms with Gasteiger partial charge in [-0.3, -0.25) is 4.90 Å². The Balaban J connectivity index is 1.39. The fourth-order valence-corrected chi connectivity index (χ4v) is 4.45. The number of carbonyl (C=O) groups is 1. The molecule has 1 aliphatic heterocycles. The van der Waals surface area contributed by atoms with Gasteiger partial charge in [-0.1, -0.05) is 13.8 Å². The molecular weight excluding hydrogens is 421 g/mol. The van der Waals surface area contributed by atoms with E-state index in [2.05, 4.69) is 34.1 Å². The number of benzene rings is 1. The molecule has 0 radical (unpaired) electrons. The number of likely N-dealkylation sites (N-methyl/N-ethyl adjacent to an activating group) is 1. The minimum atomic E-state index is -0.366. The molecule has 1 aromatic carbocycles.